The number of nitrogen functional groups attached to an aromatic ring is 1. The van der Waals surface area contributed by atoms with E-state index in [4.69, 9.17) is 10.5 Å². The predicted octanol–water partition coefficient (Wildman–Crippen LogP) is 1.70. The van der Waals surface area contributed by atoms with Gasteiger partial charge in [-0.25, -0.2) is 14.8 Å². The van der Waals surface area contributed by atoms with Gasteiger partial charge in [0.2, 0.25) is 0 Å². The number of rotatable bonds is 4. The van der Waals surface area contributed by atoms with Gasteiger partial charge in [0.1, 0.15) is 12.4 Å². The summed E-state index contributed by atoms with van der Waals surface area (Å²) < 4.78 is 7.59. The topological polar surface area (TPSA) is 108 Å². The molecule has 1 aromatic carbocycles. The number of benzene rings is 1. The van der Waals surface area contributed by atoms with Gasteiger partial charge in [0.15, 0.2) is 16.9 Å². The third kappa shape index (κ3) is 2.57. The molecule has 23 heavy (non-hydrogen) atoms. The molecule has 0 atom stereocenters. The van der Waals surface area contributed by atoms with Gasteiger partial charge in [-0.05, 0) is 12.1 Å². The molecule has 3 aromatic heterocycles. The van der Waals surface area contributed by atoms with Crippen LogP contribution in [-0.2, 0) is 6.61 Å². The Morgan fingerprint density at radius 3 is 2.96 bits per heavy atom. The zero-order chi connectivity index (χ0) is 15.6. The molecular formula is C15H13N7O. The average molecular weight is 307 g/mol. The Labute approximate surface area is 130 Å². The number of nitrogens with two attached hydrogens (primary N) is 1. The Morgan fingerprint density at radius 2 is 2.09 bits per heavy atom. The normalized spacial score (nSPS) is 11.0. The average Bonchev–Trinajstić information content (AvgIpc) is 3.22. The number of nitrogens with zero attached hydrogens (tertiary/aromatic N) is 5. The molecule has 0 aliphatic carbocycles. The molecule has 0 saturated heterocycles. The number of nitrogens with one attached hydrogen (secondary N) is 1. The molecule has 8 heteroatoms. The van der Waals surface area contributed by atoms with E-state index in [0.29, 0.717) is 29.3 Å². The van der Waals surface area contributed by atoms with E-state index in [9.17, 15) is 0 Å². The lowest BCUT2D eigenvalue weighted by molar-refractivity contribution is 0.309. The molecule has 0 aliphatic heterocycles. The number of hydrogen-bond acceptors (Lipinski definition) is 6. The lowest BCUT2D eigenvalue weighted by Gasteiger charge is -2.05. The van der Waals surface area contributed by atoms with Crippen molar-refractivity contribution in [3.8, 4) is 11.4 Å². The van der Waals surface area contributed by atoms with E-state index in [1.807, 2.05) is 36.5 Å². The van der Waals surface area contributed by atoms with E-state index >= 15 is 0 Å². The third-order valence-electron chi connectivity index (χ3n) is 3.33. The van der Waals surface area contributed by atoms with Crippen molar-refractivity contribution < 1.29 is 4.74 Å². The summed E-state index contributed by atoms with van der Waals surface area (Å²) >= 11 is 0. The highest BCUT2D eigenvalue weighted by Crippen LogP contribution is 2.24. The number of para-hydroxylation sites is 1. The molecule has 0 unspecified atom stereocenters. The summed E-state index contributed by atoms with van der Waals surface area (Å²) in [5.41, 5.74) is 8.72. The molecule has 3 N–H and O–H groups in total. The molecule has 4 rings (SSSR count). The molecule has 0 saturated carbocycles. The zero-order valence-corrected chi connectivity index (χ0v) is 12.0. The van der Waals surface area contributed by atoms with Gasteiger partial charge in [-0.3, -0.25) is 0 Å². The molecule has 0 radical (unpaired) electrons. The van der Waals surface area contributed by atoms with Crippen molar-refractivity contribution in [2.45, 2.75) is 6.61 Å². The summed E-state index contributed by atoms with van der Waals surface area (Å²) in [6.45, 7) is 0.345. The Hall–Kier alpha value is -3.42. The van der Waals surface area contributed by atoms with Crippen LogP contribution in [0.15, 0.2) is 48.8 Å². The fraction of sp³-hybridized carbons (Fsp3) is 0.0667. The maximum absolute atomic E-state index is 5.80. The van der Waals surface area contributed by atoms with Crippen LogP contribution >= 0.6 is 0 Å². The molecule has 0 bridgehead atoms. The van der Waals surface area contributed by atoms with Crippen LogP contribution in [0.1, 0.15) is 5.56 Å². The molecule has 114 valence electrons. The van der Waals surface area contributed by atoms with Crippen LogP contribution in [0.2, 0.25) is 0 Å². The zero-order valence-electron chi connectivity index (χ0n) is 12.0. The Bertz CT molecular complexity index is 945. The fourth-order valence-electron chi connectivity index (χ4n) is 2.26. The smallest absolute Gasteiger partial charge is 0.181 e. The first-order valence-corrected chi connectivity index (χ1v) is 6.98. The summed E-state index contributed by atoms with van der Waals surface area (Å²) in [6, 6.07) is 11.5. The summed E-state index contributed by atoms with van der Waals surface area (Å²) in [4.78, 5) is 4.10. The number of hydrogen-bond donors (Lipinski definition) is 2. The van der Waals surface area contributed by atoms with Gasteiger partial charge in [0.05, 0.1) is 11.9 Å². The van der Waals surface area contributed by atoms with Gasteiger partial charge in [-0.15, -0.1) is 5.10 Å². The van der Waals surface area contributed by atoms with Crippen molar-refractivity contribution in [2.24, 2.45) is 0 Å². The number of aromatic nitrogens is 6. The summed E-state index contributed by atoms with van der Waals surface area (Å²) in [5.74, 6) is 0.882. The standard InChI is InChI=1S/C15H13N7O/c16-13-6-12(14-15(18-13)20-21-19-14)23-9-10-7-17-22(8-10)11-4-2-1-3-5-11/h1-8H,9H2,(H3,16,18,19,20,21). The van der Waals surface area contributed by atoms with Crippen LogP contribution in [0.3, 0.4) is 0 Å². The molecule has 0 amide bonds. The van der Waals surface area contributed by atoms with Gasteiger partial charge < -0.3 is 10.5 Å². The maximum atomic E-state index is 5.80. The molecule has 3 heterocycles. The van der Waals surface area contributed by atoms with Crippen molar-refractivity contribution in [1.29, 1.82) is 0 Å². The largest absolute Gasteiger partial charge is 0.486 e. The second-order valence-electron chi connectivity index (χ2n) is 4.97. The Morgan fingerprint density at radius 1 is 1.22 bits per heavy atom. The second kappa shape index (κ2) is 5.41. The van der Waals surface area contributed by atoms with Gasteiger partial charge in [0, 0.05) is 17.8 Å². The van der Waals surface area contributed by atoms with Crippen molar-refractivity contribution in [2.75, 3.05) is 5.73 Å². The summed E-state index contributed by atoms with van der Waals surface area (Å²) in [7, 11) is 0. The third-order valence-corrected chi connectivity index (χ3v) is 3.33. The van der Waals surface area contributed by atoms with Crippen LogP contribution in [0.5, 0.6) is 5.75 Å². The van der Waals surface area contributed by atoms with Crippen molar-refractivity contribution >= 4 is 17.0 Å². The minimum absolute atomic E-state index is 0.345. The lowest BCUT2D eigenvalue weighted by atomic mass is 10.3. The predicted molar refractivity (Wildman–Crippen MR) is 84.0 cm³/mol. The number of fused-ring (bicyclic) bond motifs is 1. The van der Waals surface area contributed by atoms with Crippen molar-refractivity contribution in [3.63, 3.8) is 0 Å². The van der Waals surface area contributed by atoms with E-state index in [2.05, 4.69) is 25.5 Å². The van der Waals surface area contributed by atoms with Gasteiger partial charge in [-0.1, -0.05) is 23.4 Å². The number of H-pyrrole nitrogens is 1. The van der Waals surface area contributed by atoms with Crippen LogP contribution in [0.25, 0.3) is 16.9 Å². The second-order valence-corrected chi connectivity index (χ2v) is 4.97. The highest BCUT2D eigenvalue weighted by Gasteiger charge is 2.10. The first-order chi connectivity index (χ1) is 11.3. The van der Waals surface area contributed by atoms with Crippen molar-refractivity contribution in [3.05, 3.63) is 54.4 Å². The lowest BCUT2D eigenvalue weighted by Crippen LogP contribution is -1.98. The van der Waals surface area contributed by atoms with Gasteiger partial charge in [-0.2, -0.15) is 5.10 Å². The molecular weight excluding hydrogens is 294 g/mol. The Balaban J connectivity index is 1.55. The molecule has 8 nitrogen and oxygen atoms in total. The van der Waals surface area contributed by atoms with Crippen LogP contribution in [0.4, 0.5) is 5.82 Å². The van der Waals surface area contributed by atoms with Crippen LogP contribution in [0, 0.1) is 0 Å². The number of pyridine rings is 1. The highest BCUT2D eigenvalue weighted by atomic mass is 16.5. The van der Waals surface area contributed by atoms with Crippen LogP contribution < -0.4 is 10.5 Å². The highest BCUT2D eigenvalue weighted by molar-refractivity contribution is 5.78. The van der Waals surface area contributed by atoms with Gasteiger partial charge >= 0.3 is 0 Å². The monoisotopic (exact) mass is 307 g/mol. The summed E-state index contributed by atoms with van der Waals surface area (Å²) in [6.07, 6.45) is 3.68. The van der Waals surface area contributed by atoms with E-state index in [1.165, 1.54) is 0 Å². The Kier molecular flexibility index (Phi) is 3.12. The van der Waals surface area contributed by atoms with E-state index in [-0.39, 0.29) is 0 Å². The fourth-order valence-corrected chi connectivity index (χ4v) is 2.26. The maximum Gasteiger partial charge on any atom is 0.181 e. The minimum atomic E-state index is 0.345. The van der Waals surface area contributed by atoms with Crippen LogP contribution in [-0.4, -0.2) is 30.2 Å². The first-order valence-electron chi connectivity index (χ1n) is 6.98. The SMILES string of the molecule is Nc1cc(OCc2cnn(-c3ccccc3)c2)c2nn[nH]c2n1. The summed E-state index contributed by atoms with van der Waals surface area (Å²) in [5, 5.41) is 14.7. The molecule has 4 aromatic rings. The number of ether oxygens (including phenoxy) is 1. The van der Waals surface area contributed by atoms with Gasteiger partial charge in [0.25, 0.3) is 0 Å². The molecule has 0 fully saturated rings. The molecule has 0 spiro atoms. The van der Waals surface area contributed by atoms with Crippen molar-refractivity contribution in [1.82, 2.24) is 30.2 Å². The number of anilines is 1. The minimum Gasteiger partial charge on any atom is -0.486 e. The quantitative estimate of drug-likeness (QED) is 0.594. The van der Waals surface area contributed by atoms with E-state index in [1.54, 1.807) is 16.9 Å². The first kappa shape index (κ1) is 13.3. The number of aromatic amines is 1. The molecule has 0 aliphatic rings. The van der Waals surface area contributed by atoms with E-state index < -0.39 is 0 Å². The van der Waals surface area contributed by atoms with E-state index in [0.717, 1.165) is 11.3 Å².